The highest BCUT2D eigenvalue weighted by molar-refractivity contribution is 6.01. The van der Waals surface area contributed by atoms with Crippen molar-refractivity contribution in [1.82, 2.24) is 15.0 Å². The zero-order chi connectivity index (χ0) is 13.9. The number of piperidine rings is 1. The van der Waals surface area contributed by atoms with E-state index in [-0.39, 0.29) is 11.7 Å². The molecule has 2 N–H and O–H groups in total. The highest BCUT2D eigenvalue weighted by atomic mass is 16.5. The zero-order valence-electron chi connectivity index (χ0n) is 11.4. The van der Waals surface area contributed by atoms with E-state index in [9.17, 15) is 4.79 Å². The van der Waals surface area contributed by atoms with Crippen LogP contribution in [0.3, 0.4) is 0 Å². The number of nitrogens with zero attached hydrogens (tertiary/aromatic N) is 2. The maximum absolute atomic E-state index is 11.8. The summed E-state index contributed by atoms with van der Waals surface area (Å²) in [5.74, 6) is 1.18. The molecule has 0 unspecified atom stereocenters. The van der Waals surface area contributed by atoms with Crippen LogP contribution >= 0.6 is 0 Å². The molecule has 1 saturated heterocycles. The van der Waals surface area contributed by atoms with Gasteiger partial charge < -0.3 is 19.7 Å². The SMILES string of the molecule is CN1CCC(c2c[nH]c(NC(=O)c3ccno3)c2)CC1. The molecular weight excluding hydrogens is 256 g/mol. The summed E-state index contributed by atoms with van der Waals surface area (Å²) in [5, 5.41) is 6.29. The van der Waals surface area contributed by atoms with E-state index in [0.29, 0.717) is 11.7 Å². The summed E-state index contributed by atoms with van der Waals surface area (Å²) in [6.45, 7) is 2.24. The molecule has 3 rings (SSSR count). The summed E-state index contributed by atoms with van der Waals surface area (Å²) in [7, 11) is 2.15. The van der Waals surface area contributed by atoms with Crippen LogP contribution in [-0.4, -0.2) is 41.1 Å². The number of aromatic amines is 1. The van der Waals surface area contributed by atoms with Crippen molar-refractivity contribution in [3.63, 3.8) is 0 Å². The Morgan fingerprint density at radius 2 is 2.30 bits per heavy atom. The quantitative estimate of drug-likeness (QED) is 0.898. The Kier molecular flexibility index (Phi) is 3.56. The fraction of sp³-hybridized carbons (Fsp3) is 0.429. The molecule has 0 saturated carbocycles. The van der Waals surface area contributed by atoms with Crippen LogP contribution < -0.4 is 5.32 Å². The van der Waals surface area contributed by atoms with Gasteiger partial charge >= 0.3 is 0 Å². The van der Waals surface area contributed by atoms with Crippen LogP contribution in [0.1, 0.15) is 34.9 Å². The normalized spacial score (nSPS) is 17.2. The first kappa shape index (κ1) is 12.9. The Morgan fingerprint density at radius 3 is 3.00 bits per heavy atom. The van der Waals surface area contributed by atoms with Crippen molar-refractivity contribution in [3.8, 4) is 0 Å². The summed E-state index contributed by atoms with van der Waals surface area (Å²) >= 11 is 0. The van der Waals surface area contributed by atoms with E-state index in [0.717, 1.165) is 25.9 Å². The van der Waals surface area contributed by atoms with Crippen molar-refractivity contribution < 1.29 is 9.32 Å². The molecular formula is C14H18N4O2. The zero-order valence-corrected chi connectivity index (χ0v) is 11.4. The Morgan fingerprint density at radius 1 is 1.50 bits per heavy atom. The summed E-state index contributed by atoms with van der Waals surface area (Å²) in [6, 6.07) is 3.54. The van der Waals surface area contributed by atoms with Gasteiger partial charge in [0.15, 0.2) is 0 Å². The number of rotatable bonds is 3. The lowest BCUT2D eigenvalue weighted by molar-refractivity contribution is 0.0987. The standard InChI is InChI=1S/C14H18N4O2/c1-18-6-3-10(4-7-18)11-8-13(15-9-11)17-14(19)12-2-5-16-20-12/h2,5,8-10,15H,3-4,6-7H2,1H3,(H,17,19). The lowest BCUT2D eigenvalue weighted by atomic mass is 9.91. The number of carbonyl (C=O) groups excluding carboxylic acids is 1. The van der Waals surface area contributed by atoms with Gasteiger partial charge in [0.25, 0.3) is 5.91 Å². The maximum atomic E-state index is 11.8. The van der Waals surface area contributed by atoms with E-state index >= 15 is 0 Å². The highest BCUT2D eigenvalue weighted by Gasteiger charge is 2.20. The minimum Gasteiger partial charge on any atom is -0.351 e. The molecule has 6 heteroatoms. The molecule has 1 amide bonds. The van der Waals surface area contributed by atoms with Gasteiger partial charge in [-0.1, -0.05) is 5.16 Å². The van der Waals surface area contributed by atoms with Crippen molar-refractivity contribution in [2.75, 3.05) is 25.5 Å². The molecule has 3 heterocycles. The van der Waals surface area contributed by atoms with Gasteiger partial charge in [0, 0.05) is 12.3 Å². The van der Waals surface area contributed by atoms with Crippen molar-refractivity contribution >= 4 is 11.7 Å². The molecule has 2 aromatic rings. The minimum absolute atomic E-state index is 0.209. The summed E-state index contributed by atoms with van der Waals surface area (Å²) in [6.07, 6.45) is 5.74. The third-order valence-electron chi connectivity index (χ3n) is 3.81. The van der Waals surface area contributed by atoms with Crippen LogP contribution in [0.15, 0.2) is 29.0 Å². The van der Waals surface area contributed by atoms with Crippen molar-refractivity contribution in [3.05, 3.63) is 35.9 Å². The van der Waals surface area contributed by atoms with E-state index < -0.39 is 0 Å². The average molecular weight is 274 g/mol. The van der Waals surface area contributed by atoms with Crippen molar-refractivity contribution in [2.45, 2.75) is 18.8 Å². The topological polar surface area (TPSA) is 74.2 Å². The smallest absolute Gasteiger partial charge is 0.295 e. The average Bonchev–Trinajstić information content (AvgIpc) is 3.10. The van der Waals surface area contributed by atoms with Crippen LogP contribution in [0.4, 0.5) is 5.82 Å². The number of H-pyrrole nitrogens is 1. The maximum Gasteiger partial charge on any atom is 0.295 e. The van der Waals surface area contributed by atoms with Crippen molar-refractivity contribution in [2.24, 2.45) is 0 Å². The Balaban J connectivity index is 1.63. The van der Waals surface area contributed by atoms with Gasteiger partial charge in [-0.3, -0.25) is 4.79 Å². The molecule has 1 fully saturated rings. The third-order valence-corrected chi connectivity index (χ3v) is 3.81. The molecule has 6 nitrogen and oxygen atoms in total. The summed E-state index contributed by atoms with van der Waals surface area (Å²) in [5.41, 5.74) is 1.26. The predicted molar refractivity (Wildman–Crippen MR) is 74.7 cm³/mol. The molecule has 2 aromatic heterocycles. The van der Waals surface area contributed by atoms with Crippen LogP contribution in [0.25, 0.3) is 0 Å². The second-order valence-electron chi connectivity index (χ2n) is 5.26. The fourth-order valence-corrected chi connectivity index (χ4v) is 2.58. The van der Waals surface area contributed by atoms with Gasteiger partial charge in [0.2, 0.25) is 5.76 Å². The second kappa shape index (κ2) is 5.50. The van der Waals surface area contributed by atoms with Gasteiger partial charge in [-0.25, -0.2) is 0 Å². The summed E-state index contributed by atoms with van der Waals surface area (Å²) < 4.78 is 4.82. The highest BCUT2D eigenvalue weighted by Crippen LogP contribution is 2.29. The first-order valence-corrected chi connectivity index (χ1v) is 6.81. The summed E-state index contributed by atoms with van der Waals surface area (Å²) in [4.78, 5) is 17.3. The number of anilines is 1. The molecule has 0 bridgehead atoms. The van der Waals surface area contributed by atoms with Gasteiger partial charge in [-0.05, 0) is 50.5 Å². The van der Waals surface area contributed by atoms with Crippen LogP contribution in [-0.2, 0) is 0 Å². The number of likely N-dealkylation sites (tertiary alicyclic amines) is 1. The molecule has 20 heavy (non-hydrogen) atoms. The first-order valence-electron chi connectivity index (χ1n) is 6.81. The van der Waals surface area contributed by atoms with Gasteiger partial charge in [0.1, 0.15) is 5.82 Å². The Labute approximate surface area is 117 Å². The number of hydrogen-bond donors (Lipinski definition) is 2. The molecule has 1 aliphatic rings. The first-order chi connectivity index (χ1) is 9.72. The van der Waals surface area contributed by atoms with Crippen LogP contribution in [0.5, 0.6) is 0 Å². The molecule has 0 spiro atoms. The third kappa shape index (κ3) is 2.75. The van der Waals surface area contributed by atoms with Gasteiger partial charge in [-0.15, -0.1) is 0 Å². The van der Waals surface area contributed by atoms with Gasteiger partial charge in [-0.2, -0.15) is 0 Å². The van der Waals surface area contributed by atoms with E-state index in [1.165, 1.54) is 17.8 Å². The van der Waals surface area contributed by atoms with Crippen LogP contribution in [0, 0.1) is 0 Å². The number of amides is 1. The van der Waals surface area contributed by atoms with Gasteiger partial charge in [0.05, 0.1) is 6.20 Å². The molecule has 106 valence electrons. The van der Waals surface area contributed by atoms with E-state index in [1.54, 1.807) is 0 Å². The molecule has 0 radical (unpaired) electrons. The molecule has 0 atom stereocenters. The fourth-order valence-electron chi connectivity index (χ4n) is 2.58. The lowest BCUT2D eigenvalue weighted by Crippen LogP contribution is -2.29. The van der Waals surface area contributed by atoms with Crippen LogP contribution in [0.2, 0.25) is 0 Å². The Hall–Kier alpha value is -2.08. The van der Waals surface area contributed by atoms with E-state index in [4.69, 9.17) is 4.52 Å². The Bertz CT molecular complexity index is 568. The van der Waals surface area contributed by atoms with Crippen molar-refractivity contribution in [1.29, 1.82) is 0 Å². The molecule has 0 aromatic carbocycles. The number of carbonyl (C=O) groups is 1. The minimum atomic E-state index is -0.292. The predicted octanol–water partition coefficient (Wildman–Crippen LogP) is 2.06. The lowest BCUT2D eigenvalue weighted by Gasteiger charge is -2.28. The van der Waals surface area contributed by atoms with E-state index in [1.807, 2.05) is 12.3 Å². The van der Waals surface area contributed by atoms with E-state index in [2.05, 4.69) is 27.4 Å². The largest absolute Gasteiger partial charge is 0.351 e. The number of aromatic nitrogens is 2. The molecule has 1 aliphatic heterocycles. The number of hydrogen-bond acceptors (Lipinski definition) is 4. The second-order valence-corrected chi connectivity index (χ2v) is 5.26. The monoisotopic (exact) mass is 274 g/mol. The molecule has 0 aliphatic carbocycles. The number of nitrogens with one attached hydrogen (secondary N) is 2.